The van der Waals surface area contributed by atoms with Gasteiger partial charge in [-0.15, -0.1) is 0 Å². The van der Waals surface area contributed by atoms with Crippen LogP contribution in [0.25, 0.3) is 0 Å². The smallest absolute Gasteiger partial charge is 0.244 e. The molecule has 0 aliphatic carbocycles. The maximum atomic E-state index is 14.0. The summed E-state index contributed by atoms with van der Waals surface area (Å²) in [5, 5.41) is 3.18. The highest BCUT2D eigenvalue weighted by Gasteiger charge is 2.33. The molecule has 208 valence electrons. The topological polar surface area (TPSA) is 86.8 Å². The number of sulfonamides is 1. The molecule has 11 heteroatoms. The molecular formula is C28H30Cl2FN3O4S. The van der Waals surface area contributed by atoms with Crippen molar-refractivity contribution >= 4 is 50.7 Å². The molecule has 39 heavy (non-hydrogen) atoms. The summed E-state index contributed by atoms with van der Waals surface area (Å²) in [6.45, 7) is 2.90. The lowest BCUT2D eigenvalue weighted by molar-refractivity contribution is -0.140. The Bertz CT molecular complexity index is 1400. The predicted molar refractivity (Wildman–Crippen MR) is 153 cm³/mol. The van der Waals surface area contributed by atoms with Gasteiger partial charge in [0.15, 0.2) is 0 Å². The highest BCUT2D eigenvalue weighted by molar-refractivity contribution is 7.92. The van der Waals surface area contributed by atoms with Crippen molar-refractivity contribution in [1.29, 1.82) is 0 Å². The minimum absolute atomic E-state index is 0.0352. The normalized spacial score (nSPS) is 12.2. The Hall–Kier alpha value is -3.14. The molecule has 3 aromatic carbocycles. The molecule has 1 N–H and O–H groups in total. The van der Waals surface area contributed by atoms with Gasteiger partial charge in [0, 0.05) is 24.0 Å². The van der Waals surface area contributed by atoms with Crippen LogP contribution >= 0.6 is 23.2 Å². The quantitative estimate of drug-likeness (QED) is 0.336. The molecule has 0 aromatic heterocycles. The van der Waals surface area contributed by atoms with Gasteiger partial charge in [0.25, 0.3) is 0 Å². The van der Waals surface area contributed by atoms with Gasteiger partial charge in [-0.3, -0.25) is 13.9 Å². The molecule has 0 radical (unpaired) electrons. The molecule has 0 saturated heterocycles. The number of benzene rings is 3. The Kier molecular flexibility index (Phi) is 10.4. The molecule has 3 aromatic rings. The molecule has 0 heterocycles. The highest BCUT2D eigenvalue weighted by atomic mass is 35.5. The van der Waals surface area contributed by atoms with Gasteiger partial charge in [-0.2, -0.15) is 0 Å². The van der Waals surface area contributed by atoms with Crippen LogP contribution in [0.5, 0.6) is 0 Å². The first-order chi connectivity index (χ1) is 18.3. The van der Waals surface area contributed by atoms with E-state index in [0.717, 1.165) is 16.1 Å². The highest BCUT2D eigenvalue weighted by Crippen LogP contribution is 2.31. The second-order valence-corrected chi connectivity index (χ2v) is 12.1. The van der Waals surface area contributed by atoms with Crippen molar-refractivity contribution in [1.82, 2.24) is 10.2 Å². The standard InChI is InChI=1S/C28H30Cl2FN3O4S/c1-19(2)32-28(36)26(15-20-7-5-4-6-8-20)33(17-21-9-12-23(31)13-10-21)27(35)18-34(39(3,37)38)25-16-22(29)11-14-24(25)30/h4-14,16,19,26H,15,17-18H2,1-3H3,(H,32,36)/t26-/m1/s1. The average molecular weight is 595 g/mol. The Morgan fingerprint density at radius 2 is 1.59 bits per heavy atom. The van der Waals surface area contributed by atoms with E-state index in [1.807, 2.05) is 30.3 Å². The van der Waals surface area contributed by atoms with Crippen LogP contribution in [0.1, 0.15) is 25.0 Å². The van der Waals surface area contributed by atoms with Crippen LogP contribution in [-0.2, 0) is 32.6 Å². The molecule has 3 rings (SSSR count). The van der Waals surface area contributed by atoms with Gasteiger partial charge in [0.05, 0.1) is 17.0 Å². The number of amides is 2. The van der Waals surface area contributed by atoms with Crippen LogP contribution in [-0.4, -0.2) is 50.0 Å². The summed E-state index contributed by atoms with van der Waals surface area (Å²) in [5.74, 6) is -1.51. The first kappa shape index (κ1) is 30.4. The predicted octanol–water partition coefficient (Wildman–Crippen LogP) is 5.06. The molecule has 0 aliphatic heterocycles. The van der Waals surface area contributed by atoms with Gasteiger partial charge in [0.1, 0.15) is 18.4 Å². The van der Waals surface area contributed by atoms with Crippen LogP contribution in [0.3, 0.4) is 0 Å². The molecule has 1 atom stereocenters. The number of halogens is 3. The summed E-state index contributed by atoms with van der Waals surface area (Å²) in [6, 6.07) is 17.8. The molecule has 0 unspecified atom stereocenters. The number of nitrogens with one attached hydrogen (secondary N) is 1. The van der Waals surface area contributed by atoms with E-state index in [9.17, 15) is 22.4 Å². The van der Waals surface area contributed by atoms with E-state index in [4.69, 9.17) is 23.2 Å². The van der Waals surface area contributed by atoms with Gasteiger partial charge >= 0.3 is 0 Å². The minimum Gasteiger partial charge on any atom is -0.352 e. The van der Waals surface area contributed by atoms with Crippen molar-refractivity contribution in [3.63, 3.8) is 0 Å². The Morgan fingerprint density at radius 1 is 0.949 bits per heavy atom. The van der Waals surface area contributed by atoms with Gasteiger partial charge < -0.3 is 10.2 Å². The third kappa shape index (κ3) is 8.68. The number of nitrogens with zero attached hydrogens (tertiary/aromatic N) is 2. The molecule has 7 nitrogen and oxygen atoms in total. The van der Waals surface area contributed by atoms with Crippen molar-refractivity contribution in [2.75, 3.05) is 17.1 Å². The van der Waals surface area contributed by atoms with Gasteiger partial charge in [-0.1, -0.05) is 65.7 Å². The van der Waals surface area contributed by atoms with Crippen molar-refractivity contribution in [2.45, 2.75) is 38.9 Å². The second kappa shape index (κ2) is 13.3. The molecule has 0 fully saturated rings. The first-order valence-electron chi connectivity index (χ1n) is 12.2. The maximum Gasteiger partial charge on any atom is 0.244 e. The number of rotatable bonds is 11. The first-order valence-corrected chi connectivity index (χ1v) is 14.8. The Labute approximate surface area is 238 Å². The third-order valence-electron chi connectivity index (χ3n) is 5.82. The van der Waals surface area contributed by atoms with Crippen LogP contribution in [0.2, 0.25) is 10.0 Å². The largest absolute Gasteiger partial charge is 0.352 e. The van der Waals surface area contributed by atoms with Crippen molar-refractivity contribution in [3.05, 3.63) is 99.8 Å². The Balaban J connectivity index is 2.07. The fraction of sp³-hybridized carbons (Fsp3) is 0.286. The third-order valence-corrected chi connectivity index (χ3v) is 7.51. The summed E-state index contributed by atoms with van der Waals surface area (Å²) < 4.78 is 40.1. The van der Waals surface area contributed by atoms with E-state index < -0.39 is 40.2 Å². The van der Waals surface area contributed by atoms with Crippen LogP contribution < -0.4 is 9.62 Å². The maximum absolute atomic E-state index is 14.0. The number of hydrogen-bond acceptors (Lipinski definition) is 4. The fourth-order valence-electron chi connectivity index (χ4n) is 3.99. The zero-order valence-corrected chi connectivity index (χ0v) is 24.1. The van der Waals surface area contributed by atoms with Gasteiger partial charge in [-0.05, 0) is 55.3 Å². The van der Waals surface area contributed by atoms with E-state index in [2.05, 4.69) is 5.32 Å². The van der Waals surface area contributed by atoms with Gasteiger partial charge in [0.2, 0.25) is 21.8 Å². The van der Waals surface area contributed by atoms with Crippen molar-refractivity contribution < 1.29 is 22.4 Å². The minimum atomic E-state index is -4.00. The lowest BCUT2D eigenvalue weighted by Crippen LogP contribution is -2.54. The number of hydrogen-bond donors (Lipinski definition) is 1. The van der Waals surface area contributed by atoms with Crippen molar-refractivity contribution in [2.24, 2.45) is 0 Å². The van der Waals surface area contributed by atoms with Crippen LogP contribution in [0, 0.1) is 5.82 Å². The molecule has 2 amide bonds. The summed E-state index contributed by atoms with van der Waals surface area (Å²) in [6.07, 6.45) is 1.12. The van der Waals surface area contributed by atoms with E-state index in [1.54, 1.807) is 13.8 Å². The SMILES string of the molecule is CC(C)NC(=O)[C@@H](Cc1ccccc1)N(Cc1ccc(F)cc1)C(=O)CN(c1cc(Cl)ccc1Cl)S(C)(=O)=O. The summed E-state index contributed by atoms with van der Waals surface area (Å²) >= 11 is 12.4. The number of anilines is 1. The Morgan fingerprint density at radius 3 is 2.18 bits per heavy atom. The lowest BCUT2D eigenvalue weighted by atomic mass is 10.0. The molecule has 0 spiro atoms. The molecule has 0 bridgehead atoms. The molecular weight excluding hydrogens is 564 g/mol. The van der Waals surface area contributed by atoms with Crippen molar-refractivity contribution in [3.8, 4) is 0 Å². The average Bonchev–Trinajstić information content (AvgIpc) is 2.86. The molecule has 0 saturated carbocycles. The fourth-order valence-corrected chi connectivity index (χ4v) is 5.28. The number of carbonyl (C=O) groups is 2. The van der Waals surface area contributed by atoms with E-state index in [1.165, 1.54) is 47.4 Å². The second-order valence-electron chi connectivity index (χ2n) is 9.38. The summed E-state index contributed by atoms with van der Waals surface area (Å²) in [4.78, 5) is 28.7. The van der Waals surface area contributed by atoms with E-state index in [0.29, 0.717) is 5.56 Å². The summed E-state index contributed by atoms with van der Waals surface area (Å²) in [5.41, 5.74) is 1.40. The van der Waals surface area contributed by atoms with Gasteiger partial charge in [-0.25, -0.2) is 12.8 Å². The summed E-state index contributed by atoms with van der Waals surface area (Å²) in [7, 11) is -4.00. The van der Waals surface area contributed by atoms with Crippen LogP contribution in [0.4, 0.5) is 10.1 Å². The zero-order valence-electron chi connectivity index (χ0n) is 21.8. The monoisotopic (exact) mass is 593 g/mol. The zero-order chi connectivity index (χ0) is 28.7. The van der Waals surface area contributed by atoms with E-state index >= 15 is 0 Å². The van der Waals surface area contributed by atoms with E-state index in [-0.39, 0.29) is 34.7 Å². The number of carbonyl (C=O) groups excluding carboxylic acids is 2. The molecule has 0 aliphatic rings. The lowest BCUT2D eigenvalue weighted by Gasteiger charge is -2.34. The van der Waals surface area contributed by atoms with Crippen LogP contribution in [0.15, 0.2) is 72.8 Å².